The number of benzene rings is 2. The molecule has 0 saturated carbocycles. The first kappa shape index (κ1) is 14.7. The second-order valence-electron chi connectivity index (χ2n) is 5.40. The maximum atomic E-state index is 13.4. The fourth-order valence-electron chi connectivity index (χ4n) is 2.92. The highest BCUT2D eigenvalue weighted by molar-refractivity contribution is 5.52. The summed E-state index contributed by atoms with van der Waals surface area (Å²) in [5, 5.41) is 0. The fourth-order valence-corrected chi connectivity index (χ4v) is 2.92. The van der Waals surface area contributed by atoms with Gasteiger partial charge in [0.1, 0.15) is 11.6 Å². The van der Waals surface area contributed by atoms with E-state index in [1.807, 2.05) is 39.8 Å². The number of hydrogen-bond acceptors (Lipinski definition) is 0. The smallest absolute Gasteiger partial charge is 0.123 e. The second-order valence-corrected chi connectivity index (χ2v) is 5.40. The summed E-state index contributed by atoms with van der Waals surface area (Å²) in [5.41, 5.74) is 3.81. The Morgan fingerprint density at radius 1 is 0.800 bits per heavy atom. The van der Waals surface area contributed by atoms with Crippen molar-refractivity contribution in [3.05, 3.63) is 70.3 Å². The first-order valence-electron chi connectivity index (χ1n) is 7.06. The molecule has 0 amide bonds. The summed E-state index contributed by atoms with van der Waals surface area (Å²) in [6.45, 7) is 8.03. The van der Waals surface area contributed by atoms with Crippen molar-refractivity contribution in [2.24, 2.45) is 0 Å². The minimum atomic E-state index is -0.354. The number of halogens is 2. The first-order valence-corrected chi connectivity index (χ1v) is 7.06. The van der Waals surface area contributed by atoms with E-state index in [2.05, 4.69) is 0 Å². The highest BCUT2D eigenvalue weighted by atomic mass is 19.1. The largest absolute Gasteiger partial charge is 0.207 e. The lowest BCUT2D eigenvalue weighted by atomic mass is 9.69. The highest BCUT2D eigenvalue weighted by Gasteiger charge is 2.32. The molecule has 0 spiro atoms. The molecule has 0 aromatic heterocycles. The molecule has 20 heavy (non-hydrogen) atoms. The minimum absolute atomic E-state index is 0.235. The van der Waals surface area contributed by atoms with Gasteiger partial charge in [-0.3, -0.25) is 0 Å². The molecule has 0 fully saturated rings. The lowest BCUT2D eigenvalue weighted by Gasteiger charge is -2.35. The fraction of sp³-hybridized carbons (Fsp3) is 0.333. The molecule has 2 heteroatoms. The van der Waals surface area contributed by atoms with E-state index in [4.69, 9.17) is 0 Å². The molecule has 0 saturated heterocycles. The van der Waals surface area contributed by atoms with Gasteiger partial charge >= 0.3 is 0 Å². The van der Waals surface area contributed by atoms with Gasteiger partial charge in [0, 0.05) is 5.41 Å². The normalized spacial score (nSPS) is 14.7. The molecule has 3 rings (SSSR count). The van der Waals surface area contributed by atoms with Crippen molar-refractivity contribution < 1.29 is 8.78 Å². The van der Waals surface area contributed by atoms with Crippen molar-refractivity contribution in [1.82, 2.24) is 0 Å². The number of hydrogen-bond donors (Lipinski definition) is 0. The topological polar surface area (TPSA) is 0 Å². The molecule has 0 heterocycles. The van der Waals surface area contributed by atoms with Gasteiger partial charge in [0.15, 0.2) is 0 Å². The molecule has 0 radical (unpaired) electrons. The Balaban J connectivity index is 0.000000704. The van der Waals surface area contributed by atoms with Gasteiger partial charge in [-0.25, -0.2) is 8.78 Å². The Morgan fingerprint density at radius 3 is 1.60 bits per heavy atom. The van der Waals surface area contributed by atoms with Gasteiger partial charge in [-0.15, -0.1) is 0 Å². The van der Waals surface area contributed by atoms with Crippen LogP contribution in [-0.2, 0) is 11.8 Å². The van der Waals surface area contributed by atoms with Crippen molar-refractivity contribution in [2.45, 2.75) is 39.5 Å². The highest BCUT2D eigenvalue weighted by Crippen LogP contribution is 2.41. The van der Waals surface area contributed by atoms with E-state index in [1.54, 1.807) is 12.1 Å². The van der Waals surface area contributed by atoms with E-state index in [9.17, 15) is 8.78 Å². The van der Waals surface area contributed by atoms with E-state index in [0.29, 0.717) is 0 Å². The molecule has 106 valence electrons. The van der Waals surface area contributed by atoms with Gasteiger partial charge in [-0.2, -0.15) is 0 Å². The van der Waals surface area contributed by atoms with Crippen LogP contribution < -0.4 is 0 Å². The molecule has 2 aromatic rings. The molecule has 0 N–H and O–H groups in total. The standard InChI is InChI=1S/C16H14F2.C2H6/c1-16(2)14-8-12(17)5-3-10(14)7-11-4-6-13(18)9-15(11)16;1-2/h3-6,8-9H,7H2,1-2H3;1-2H3. The maximum Gasteiger partial charge on any atom is 0.123 e. The van der Waals surface area contributed by atoms with Crippen LogP contribution in [0.3, 0.4) is 0 Å². The summed E-state index contributed by atoms with van der Waals surface area (Å²) in [6.07, 6.45) is 0.745. The van der Waals surface area contributed by atoms with Gasteiger partial charge in [-0.1, -0.05) is 39.8 Å². The number of fused-ring (bicyclic) bond motifs is 2. The van der Waals surface area contributed by atoms with Gasteiger partial charge in [-0.05, 0) is 52.9 Å². The third-order valence-electron chi connectivity index (χ3n) is 3.87. The second kappa shape index (κ2) is 5.35. The summed E-state index contributed by atoms with van der Waals surface area (Å²) >= 11 is 0. The Bertz CT molecular complexity index is 574. The van der Waals surface area contributed by atoms with Crippen molar-refractivity contribution >= 4 is 0 Å². The summed E-state index contributed by atoms with van der Waals surface area (Å²) in [4.78, 5) is 0. The molecule has 0 aliphatic heterocycles. The number of rotatable bonds is 0. The van der Waals surface area contributed by atoms with Crippen molar-refractivity contribution in [3.8, 4) is 0 Å². The summed E-state index contributed by atoms with van der Waals surface area (Å²) in [5.74, 6) is -0.469. The summed E-state index contributed by atoms with van der Waals surface area (Å²) in [6, 6.07) is 9.79. The molecular formula is C18H20F2. The molecule has 2 aromatic carbocycles. The van der Waals surface area contributed by atoms with Crippen LogP contribution in [0.1, 0.15) is 49.9 Å². The molecule has 0 unspecified atom stereocenters. The molecule has 1 aliphatic rings. The van der Waals surface area contributed by atoms with Gasteiger partial charge in [0.05, 0.1) is 0 Å². The molecule has 0 atom stereocenters. The average Bonchev–Trinajstić information content (AvgIpc) is 2.43. The van der Waals surface area contributed by atoms with E-state index < -0.39 is 0 Å². The third kappa shape index (κ3) is 2.35. The average molecular weight is 274 g/mol. The predicted molar refractivity (Wildman–Crippen MR) is 79.1 cm³/mol. The molecule has 0 nitrogen and oxygen atoms in total. The van der Waals surface area contributed by atoms with Crippen LogP contribution in [0.2, 0.25) is 0 Å². The lowest BCUT2D eigenvalue weighted by molar-refractivity contribution is 0.570. The van der Waals surface area contributed by atoms with Crippen molar-refractivity contribution in [3.63, 3.8) is 0 Å². The first-order chi connectivity index (χ1) is 9.48. The molecular weight excluding hydrogens is 254 g/mol. The minimum Gasteiger partial charge on any atom is -0.207 e. The summed E-state index contributed by atoms with van der Waals surface area (Å²) in [7, 11) is 0. The zero-order valence-electron chi connectivity index (χ0n) is 12.4. The van der Waals surface area contributed by atoms with E-state index in [-0.39, 0.29) is 17.0 Å². The molecule has 0 bridgehead atoms. The Morgan fingerprint density at radius 2 is 1.20 bits per heavy atom. The van der Waals surface area contributed by atoms with Crippen LogP contribution in [0.15, 0.2) is 36.4 Å². The van der Waals surface area contributed by atoms with Crippen LogP contribution in [0.5, 0.6) is 0 Å². The van der Waals surface area contributed by atoms with Gasteiger partial charge in [0.2, 0.25) is 0 Å². The lowest BCUT2D eigenvalue weighted by Crippen LogP contribution is -2.27. The van der Waals surface area contributed by atoms with Gasteiger partial charge in [0.25, 0.3) is 0 Å². The Labute approximate surface area is 119 Å². The molecule has 1 aliphatic carbocycles. The zero-order valence-corrected chi connectivity index (χ0v) is 12.4. The monoisotopic (exact) mass is 274 g/mol. The van der Waals surface area contributed by atoms with Crippen LogP contribution in [0.4, 0.5) is 8.78 Å². The zero-order chi connectivity index (χ0) is 14.9. The van der Waals surface area contributed by atoms with Gasteiger partial charge < -0.3 is 0 Å². The van der Waals surface area contributed by atoms with E-state index in [1.165, 1.54) is 12.1 Å². The predicted octanol–water partition coefficient (Wildman–Crippen LogP) is 5.22. The van der Waals surface area contributed by atoms with Crippen LogP contribution >= 0.6 is 0 Å². The van der Waals surface area contributed by atoms with Crippen LogP contribution in [-0.4, -0.2) is 0 Å². The van der Waals surface area contributed by atoms with Crippen molar-refractivity contribution in [1.29, 1.82) is 0 Å². The summed E-state index contributed by atoms with van der Waals surface area (Å²) < 4.78 is 26.8. The van der Waals surface area contributed by atoms with E-state index in [0.717, 1.165) is 28.7 Å². The SMILES string of the molecule is CC.CC1(C)c2cc(F)ccc2Cc2ccc(F)cc21. The third-order valence-corrected chi connectivity index (χ3v) is 3.87. The van der Waals surface area contributed by atoms with Crippen molar-refractivity contribution in [2.75, 3.05) is 0 Å². The maximum absolute atomic E-state index is 13.4. The quantitative estimate of drug-likeness (QED) is 0.617. The van der Waals surface area contributed by atoms with E-state index >= 15 is 0 Å². The Kier molecular flexibility index (Phi) is 3.94. The Hall–Kier alpha value is -1.70. The van der Waals surface area contributed by atoms with Crippen LogP contribution in [0.25, 0.3) is 0 Å². The van der Waals surface area contributed by atoms with Crippen LogP contribution in [0, 0.1) is 11.6 Å².